The molecule has 160 valence electrons. The van der Waals surface area contributed by atoms with Crippen molar-refractivity contribution in [3.05, 3.63) is 93.7 Å². The van der Waals surface area contributed by atoms with Crippen LogP contribution in [0.25, 0.3) is 16.2 Å². The molecule has 3 N–H and O–H groups in total. The number of hydrogen-bond donors (Lipinski definition) is 2. The molecule has 3 unspecified atom stereocenters. The van der Waals surface area contributed by atoms with Gasteiger partial charge in [-0.2, -0.15) is 4.39 Å². The predicted molar refractivity (Wildman–Crippen MR) is 124 cm³/mol. The molecular formula is C24H17ClF2N4S. The molecule has 4 nitrogen and oxygen atoms in total. The molecule has 2 aromatic heterocycles. The first kappa shape index (κ1) is 19.6. The Balaban J connectivity index is 1.69. The number of benzene rings is 1. The van der Waals surface area contributed by atoms with Gasteiger partial charge in [0, 0.05) is 22.0 Å². The summed E-state index contributed by atoms with van der Waals surface area (Å²) in [5.41, 5.74) is 9.96. The van der Waals surface area contributed by atoms with Crippen molar-refractivity contribution in [2.45, 2.75) is 18.0 Å². The van der Waals surface area contributed by atoms with E-state index in [1.165, 1.54) is 11.3 Å². The van der Waals surface area contributed by atoms with Crippen LogP contribution in [-0.2, 0) is 0 Å². The van der Waals surface area contributed by atoms with Crippen LogP contribution >= 0.6 is 22.9 Å². The minimum atomic E-state index is -2.07. The highest BCUT2D eigenvalue weighted by Crippen LogP contribution is 2.55. The van der Waals surface area contributed by atoms with E-state index in [4.69, 9.17) is 22.3 Å². The zero-order valence-electron chi connectivity index (χ0n) is 16.6. The van der Waals surface area contributed by atoms with Gasteiger partial charge >= 0.3 is 0 Å². The zero-order valence-corrected chi connectivity index (χ0v) is 18.2. The first-order chi connectivity index (χ1) is 15.5. The van der Waals surface area contributed by atoms with Crippen LogP contribution < -0.4 is 11.1 Å². The fourth-order valence-corrected chi connectivity index (χ4v) is 6.07. The van der Waals surface area contributed by atoms with Gasteiger partial charge in [-0.15, -0.1) is 11.3 Å². The van der Waals surface area contributed by atoms with E-state index in [9.17, 15) is 4.39 Å². The molecule has 3 atom stereocenters. The molecule has 32 heavy (non-hydrogen) atoms. The van der Waals surface area contributed by atoms with E-state index < -0.39 is 23.3 Å². The highest BCUT2D eigenvalue weighted by Gasteiger charge is 2.53. The number of alkyl halides is 1. The topological polar surface area (TPSA) is 55.3 Å². The summed E-state index contributed by atoms with van der Waals surface area (Å²) in [5.74, 6) is -1.83. The highest BCUT2D eigenvalue weighted by molar-refractivity contribution is 7.15. The van der Waals surface area contributed by atoms with Gasteiger partial charge in [-0.1, -0.05) is 53.7 Å². The second-order valence-corrected chi connectivity index (χ2v) is 9.33. The van der Waals surface area contributed by atoms with Crippen LogP contribution in [0.5, 0.6) is 0 Å². The molecule has 6 rings (SSSR count). The van der Waals surface area contributed by atoms with Crippen molar-refractivity contribution >= 4 is 33.7 Å². The van der Waals surface area contributed by atoms with Crippen LogP contribution in [0.3, 0.4) is 0 Å². The quantitative estimate of drug-likeness (QED) is 0.421. The molecule has 0 spiro atoms. The molecule has 0 amide bonds. The van der Waals surface area contributed by atoms with Crippen molar-refractivity contribution in [1.29, 1.82) is 0 Å². The maximum absolute atomic E-state index is 17.0. The number of thiazole rings is 1. The number of anilines is 1. The number of imidazole rings is 1. The van der Waals surface area contributed by atoms with Gasteiger partial charge in [-0.05, 0) is 30.2 Å². The Morgan fingerprint density at radius 3 is 2.94 bits per heavy atom. The van der Waals surface area contributed by atoms with Crippen molar-refractivity contribution < 1.29 is 8.78 Å². The maximum Gasteiger partial charge on any atom is 0.196 e. The zero-order chi connectivity index (χ0) is 22.0. The van der Waals surface area contributed by atoms with Gasteiger partial charge in [-0.25, -0.2) is 9.37 Å². The average Bonchev–Trinajstić information content (AvgIpc) is 3.28. The van der Waals surface area contributed by atoms with Gasteiger partial charge in [0.2, 0.25) is 0 Å². The third-order valence-electron chi connectivity index (χ3n) is 6.26. The molecule has 8 heteroatoms. The van der Waals surface area contributed by atoms with Gasteiger partial charge in [0.1, 0.15) is 5.82 Å². The van der Waals surface area contributed by atoms with Gasteiger partial charge in [0.25, 0.3) is 0 Å². The number of rotatable bonds is 1. The number of hydrogen-bond acceptors (Lipinski definition) is 4. The molecule has 3 aromatic rings. The third-order valence-corrected chi connectivity index (χ3v) is 7.42. The van der Waals surface area contributed by atoms with Crippen LogP contribution in [0.1, 0.15) is 18.0 Å². The molecule has 0 bridgehead atoms. The smallest absolute Gasteiger partial charge is 0.196 e. The van der Waals surface area contributed by atoms with Crippen molar-refractivity contribution in [2.75, 3.05) is 5.32 Å². The fraction of sp³-hybridized carbons (Fsp3) is 0.167. The molecule has 1 aliphatic heterocycles. The summed E-state index contributed by atoms with van der Waals surface area (Å²) in [4.78, 5) is 5.46. The second kappa shape index (κ2) is 6.94. The Morgan fingerprint density at radius 2 is 2.12 bits per heavy atom. The Kier molecular flexibility index (Phi) is 4.24. The summed E-state index contributed by atoms with van der Waals surface area (Å²) >= 11 is 8.00. The lowest BCUT2D eigenvalue weighted by Gasteiger charge is -2.36. The molecule has 3 aliphatic rings. The summed E-state index contributed by atoms with van der Waals surface area (Å²) in [6.07, 6.45) is 6.24. The Bertz CT molecular complexity index is 1420. The fourth-order valence-electron chi connectivity index (χ4n) is 4.80. The maximum atomic E-state index is 17.0. The lowest BCUT2D eigenvalue weighted by atomic mass is 9.73. The molecule has 0 saturated carbocycles. The van der Waals surface area contributed by atoms with E-state index in [0.717, 1.165) is 23.4 Å². The number of fused-ring (bicyclic) bond motifs is 7. The lowest BCUT2D eigenvalue weighted by molar-refractivity contribution is 0.139. The van der Waals surface area contributed by atoms with E-state index in [-0.39, 0.29) is 5.03 Å². The number of allylic oxidation sites excluding steroid dienone is 6. The van der Waals surface area contributed by atoms with Crippen LogP contribution in [0.15, 0.2) is 88.0 Å². The number of nitrogens with two attached hydrogens (primary N) is 1. The largest absolute Gasteiger partial charge is 0.397 e. The molecule has 1 aromatic carbocycles. The van der Waals surface area contributed by atoms with Crippen molar-refractivity contribution in [3.63, 3.8) is 0 Å². The average molecular weight is 467 g/mol. The summed E-state index contributed by atoms with van der Waals surface area (Å²) in [6, 6.07) is 9.88. The van der Waals surface area contributed by atoms with Gasteiger partial charge in [-0.3, -0.25) is 4.40 Å². The van der Waals surface area contributed by atoms with Crippen LogP contribution in [0, 0.1) is 5.92 Å². The van der Waals surface area contributed by atoms with E-state index in [0.29, 0.717) is 34.3 Å². The normalized spacial score (nSPS) is 26.5. The highest BCUT2D eigenvalue weighted by atomic mass is 35.5. The van der Waals surface area contributed by atoms with Crippen LogP contribution in [0.2, 0.25) is 0 Å². The molecule has 2 aliphatic carbocycles. The van der Waals surface area contributed by atoms with E-state index in [1.807, 2.05) is 46.2 Å². The van der Waals surface area contributed by atoms with E-state index in [1.54, 1.807) is 6.08 Å². The Labute approximate surface area is 191 Å². The molecule has 0 radical (unpaired) electrons. The number of nitrogens with one attached hydrogen (secondary N) is 1. The van der Waals surface area contributed by atoms with Crippen molar-refractivity contribution in [1.82, 2.24) is 9.38 Å². The predicted octanol–water partition coefficient (Wildman–Crippen LogP) is 6.17. The summed E-state index contributed by atoms with van der Waals surface area (Å²) < 4.78 is 33.2. The monoisotopic (exact) mass is 466 g/mol. The van der Waals surface area contributed by atoms with Crippen molar-refractivity contribution in [2.24, 2.45) is 11.7 Å². The van der Waals surface area contributed by atoms with Gasteiger partial charge in [0.05, 0.1) is 23.0 Å². The first-order valence-electron chi connectivity index (χ1n) is 10.1. The Hall–Kier alpha value is -3.12. The van der Waals surface area contributed by atoms with E-state index in [2.05, 4.69) is 11.0 Å². The van der Waals surface area contributed by atoms with Crippen LogP contribution in [0.4, 0.5) is 14.6 Å². The molecule has 0 fully saturated rings. The summed E-state index contributed by atoms with van der Waals surface area (Å²) in [6.45, 7) is 0. The number of nitrogens with zero attached hydrogens (tertiary/aromatic N) is 2. The first-order valence-corrected chi connectivity index (χ1v) is 11.4. The molecule has 0 saturated heterocycles. The summed E-state index contributed by atoms with van der Waals surface area (Å²) in [7, 11) is 0. The van der Waals surface area contributed by atoms with Gasteiger partial charge in [0.15, 0.2) is 16.5 Å². The third kappa shape index (κ3) is 2.69. The molecule has 3 heterocycles. The number of aromatic nitrogens is 2. The lowest BCUT2D eigenvalue weighted by Crippen LogP contribution is -2.40. The minimum absolute atomic E-state index is 0.0377. The summed E-state index contributed by atoms with van der Waals surface area (Å²) in [5, 5.41) is 5.45. The second-order valence-electron chi connectivity index (χ2n) is 8.06. The standard InChI is InChI=1S/C24H17ClF2N4S/c25-16-11-14(26)9-10-24(27)15-7-4-8-17(28)20(15)29-22-21(19(16)24)30-23-31(22)18(12-32-23)13-5-2-1-3-6-13/h1-6,8,10-12,15,19,29H,7,28H2. The van der Waals surface area contributed by atoms with Crippen molar-refractivity contribution in [3.8, 4) is 11.3 Å². The van der Waals surface area contributed by atoms with Gasteiger partial charge < -0.3 is 11.1 Å². The minimum Gasteiger partial charge on any atom is -0.397 e. The number of halogens is 3. The molecular weight excluding hydrogens is 450 g/mol. The van der Waals surface area contributed by atoms with Crippen LogP contribution in [-0.4, -0.2) is 15.1 Å². The SMILES string of the molecule is NC1=C2Nc3c(nc4scc(-c5ccccc5)n34)C3C(Cl)=CC(F)=C=CC3(F)C2CC=C1. The Morgan fingerprint density at radius 1 is 1.31 bits per heavy atom. The van der Waals surface area contributed by atoms with E-state index >= 15 is 4.39 Å².